The van der Waals surface area contributed by atoms with Gasteiger partial charge in [-0.15, -0.1) is 0 Å². The fourth-order valence-electron chi connectivity index (χ4n) is 3.26. The minimum absolute atomic E-state index is 0.00157. The first-order chi connectivity index (χ1) is 10.4. The number of amides is 1. The van der Waals surface area contributed by atoms with Gasteiger partial charge in [-0.05, 0) is 37.9 Å². The highest BCUT2D eigenvalue weighted by atomic mass is 19.4. The second-order valence-corrected chi connectivity index (χ2v) is 5.70. The monoisotopic (exact) mass is 315 g/mol. The van der Waals surface area contributed by atoms with Crippen molar-refractivity contribution >= 4 is 5.91 Å². The Morgan fingerprint density at radius 2 is 1.91 bits per heavy atom. The zero-order valence-corrected chi connectivity index (χ0v) is 11.7. The largest absolute Gasteiger partial charge is 0.431 e. The molecule has 2 aliphatic rings. The zero-order valence-electron chi connectivity index (χ0n) is 11.7. The second-order valence-electron chi connectivity index (χ2n) is 5.70. The van der Waals surface area contributed by atoms with Gasteiger partial charge in [0.15, 0.2) is 0 Å². The maximum Gasteiger partial charge on any atom is 0.431 e. The number of pyridine rings is 1. The predicted octanol–water partition coefficient (Wildman–Crippen LogP) is 1.36. The molecule has 2 aliphatic heterocycles. The first kappa shape index (κ1) is 15.1. The summed E-state index contributed by atoms with van der Waals surface area (Å²) in [5.74, 6) is -0.480. The van der Waals surface area contributed by atoms with E-state index in [1.54, 1.807) is 9.88 Å². The smallest absolute Gasteiger partial charge is 0.331 e. The first-order valence-electron chi connectivity index (χ1n) is 7.22. The number of carbonyl (C=O) groups is 1. The summed E-state index contributed by atoms with van der Waals surface area (Å²) in [6, 6.07) is 1.77. The lowest BCUT2D eigenvalue weighted by Crippen LogP contribution is -2.44. The Balaban J connectivity index is 1.91. The molecule has 1 aromatic heterocycles. The van der Waals surface area contributed by atoms with E-state index in [-0.39, 0.29) is 17.6 Å². The predicted molar refractivity (Wildman–Crippen MR) is 72.5 cm³/mol. The molecule has 2 atom stereocenters. The normalized spacial score (nSPS) is 25.1. The van der Waals surface area contributed by atoms with E-state index in [2.05, 4.69) is 5.32 Å². The van der Waals surface area contributed by atoms with Gasteiger partial charge in [-0.3, -0.25) is 9.59 Å². The molecule has 2 fully saturated rings. The van der Waals surface area contributed by atoms with E-state index in [9.17, 15) is 22.8 Å². The molecule has 0 radical (unpaired) electrons. The van der Waals surface area contributed by atoms with Crippen LogP contribution in [0.2, 0.25) is 0 Å². The van der Waals surface area contributed by atoms with Gasteiger partial charge in [-0.2, -0.15) is 13.2 Å². The lowest BCUT2D eigenvalue weighted by molar-refractivity contribution is -0.141. The minimum Gasteiger partial charge on any atom is -0.331 e. The quantitative estimate of drug-likeness (QED) is 0.822. The standard InChI is InChI=1S/C14H16F3N3O2/c15-14(16,17)11-4-3-10(12(21)19-11)13(22)20-8-1-2-9(20)7-18-6-5-8/h3-4,8-9,18H,1-2,5-7H2,(H,19,21). The number of nitrogens with zero attached hydrogens (tertiary/aromatic N) is 1. The molecule has 3 rings (SSSR count). The van der Waals surface area contributed by atoms with E-state index in [0.29, 0.717) is 6.54 Å². The third kappa shape index (κ3) is 2.63. The third-order valence-electron chi connectivity index (χ3n) is 4.33. The molecule has 5 nitrogen and oxygen atoms in total. The van der Waals surface area contributed by atoms with Crippen LogP contribution in [0, 0.1) is 0 Å². The molecule has 2 unspecified atom stereocenters. The number of fused-ring (bicyclic) bond motifs is 2. The number of aromatic amines is 1. The third-order valence-corrected chi connectivity index (χ3v) is 4.33. The van der Waals surface area contributed by atoms with Crippen LogP contribution < -0.4 is 10.9 Å². The number of nitrogens with one attached hydrogen (secondary N) is 2. The molecule has 22 heavy (non-hydrogen) atoms. The van der Waals surface area contributed by atoms with Crippen LogP contribution in [0.1, 0.15) is 35.3 Å². The molecule has 0 spiro atoms. The van der Waals surface area contributed by atoms with Crippen LogP contribution >= 0.6 is 0 Å². The molecule has 1 amide bonds. The molecule has 0 aliphatic carbocycles. The van der Waals surface area contributed by atoms with Crippen LogP contribution in [0.5, 0.6) is 0 Å². The highest BCUT2D eigenvalue weighted by Crippen LogP contribution is 2.30. The van der Waals surface area contributed by atoms with Gasteiger partial charge in [-0.25, -0.2) is 0 Å². The van der Waals surface area contributed by atoms with Gasteiger partial charge in [0.25, 0.3) is 11.5 Å². The van der Waals surface area contributed by atoms with Crippen molar-refractivity contribution in [2.45, 2.75) is 37.5 Å². The Kier molecular flexibility index (Phi) is 3.72. The van der Waals surface area contributed by atoms with Crippen molar-refractivity contribution in [2.75, 3.05) is 13.1 Å². The summed E-state index contributed by atoms with van der Waals surface area (Å²) in [5.41, 5.74) is -2.36. The van der Waals surface area contributed by atoms with Gasteiger partial charge in [0.05, 0.1) is 0 Å². The zero-order chi connectivity index (χ0) is 15.9. The summed E-state index contributed by atoms with van der Waals surface area (Å²) in [6.45, 7) is 1.45. The second kappa shape index (κ2) is 5.42. The number of hydrogen-bond acceptors (Lipinski definition) is 3. The van der Waals surface area contributed by atoms with Crippen molar-refractivity contribution in [1.29, 1.82) is 0 Å². The Morgan fingerprint density at radius 3 is 2.59 bits per heavy atom. The Hall–Kier alpha value is -1.83. The van der Waals surface area contributed by atoms with E-state index < -0.39 is 23.3 Å². The van der Waals surface area contributed by atoms with Crippen LogP contribution in [0.25, 0.3) is 0 Å². The van der Waals surface area contributed by atoms with Gasteiger partial charge in [0.1, 0.15) is 11.3 Å². The van der Waals surface area contributed by atoms with Gasteiger partial charge < -0.3 is 15.2 Å². The van der Waals surface area contributed by atoms with E-state index in [4.69, 9.17) is 0 Å². The fraction of sp³-hybridized carbons (Fsp3) is 0.571. The molecule has 0 saturated carbocycles. The van der Waals surface area contributed by atoms with Crippen molar-refractivity contribution in [3.63, 3.8) is 0 Å². The summed E-state index contributed by atoms with van der Waals surface area (Å²) in [5, 5.41) is 3.23. The SMILES string of the molecule is O=C(c1ccc(C(F)(F)F)[nH]c1=O)N1C2CCNCC1CC2. The number of halogens is 3. The van der Waals surface area contributed by atoms with Gasteiger partial charge in [-0.1, -0.05) is 0 Å². The number of aromatic nitrogens is 1. The minimum atomic E-state index is -4.63. The van der Waals surface area contributed by atoms with E-state index in [0.717, 1.165) is 37.9 Å². The molecule has 2 saturated heterocycles. The molecule has 1 aromatic rings. The molecular weight excluding hydrogens is 299 g/mol. The van der Waals surface area contributed by atoms with E-state index in [1.807, 2.05) is 0 Å². The molecule has 8 heteroatoms. The van der Waals surface area contributed by atoms with Crippen LogP contribution in [-0.2, 0) is 6.18 Å². The molecule has 3 heterocycles. The maximum absolute atomic E-state index is 12.6. The highest BCUT2D eigenvalue weighted by Gasteiger charge is 2.39. The number of H-pyrrole nitrogens is 1. The van der Waals surface area contributed by atoms with E-state index in [1.165, 1.54) is 0 Å². The Morgan fingerprint density at radius 1 is 1.18 bits per heavy atom. The van der Waals surface area contributed by atoms with Crippen molar-refractivity contribution in [3.8, 4) is 0 Å². The summed E-state index contributed by atoms with van der Waals surface area (Å²) in [6.07, 6.45) is -2.12. The lowest BCUT2D eigenvalue weighted by Gasteiger charge is -2.27. The average Bonchev–Trinajstić information content (AvgIpc) is 2.70. The molecular formula is C14H16F3N3O2. The average molecular weight is 315 g/mol. The van der Waals surface area contributed by atoms with Gasteiger partial charge >= 0.3 is 6.18 Å². The maximum atomic E-state index is 12.6. The van der Waals surface area contributed by atoms with Crippen molar-refractivity contribution in [2.24, 2.45) is 0 Å². The highest BCUT2D eigenvalue weighted by molar-refractivity contribution is 5.94. The fourth-order valence-corrected chi connectivity index (χ4v) is 3.26. The number of carbonyl (C=O) groups excluding carboxylic acids is 1. The van der Waals surface area contributed by atoms with E-state index >= 15 is 0 Å². The topological polar surface area (TPSA) is 65.2 Å². The Labute approximate surface area is 124 Å². The molecule has 2 N–H and O–H groups in total. The number of rotatable bonds is 1. The van der Waals surface area contributed by atoms with Crippen LogP contribution in [-0.4, -0.2) is 41.0 Å². The number of alkyl halides is 3. The Bertz CT molecular complexity index is 627. The summed E-state index contributed by atoms with van der Waals surface area (Å²) >= 11 is 0. The molecule has 120 valence electrons. The van der Waals surface area contributed by atoms with Crippen LogP contribution in [0.4, 0.5) is 13.2 Å². The summed E-state index contributed by atoms with van der Waals surface area (Å²) in [7, 11) is 0. The van der Waals surface area contributed by atoms with Crippen LogP contribution in [0.3, 0.4) is 0 Å². The first-order valence-corrected chi connectivity index (χ1v) is 7.22. The molecule has 0 aromatic carbocycles. The molecule has 2 bridgehead atoms. The van der Waals surface area contributed by atoms with Crippen molar-refractivity contribution in [1.82, 2.24) is 15.2 Å². The van der Waals surface area contributed by atoms with Crippen LogP contribution in [0.15, 0.2) is 16.9 Å². The van der Waals surface area contributed by atoms with Crippen molar-refractivity contribution in [3.05, 3.63) is 33.7 Å². The summed E-state index contributed by atoms with van der Waals surface area (Å²) < 4.78 is 37.7. The number of hydrogen-bond donors (Lipinski definition) is 2. The lowest BCUT2D eigenvalue weighted by atomic mass is 10.1. The van der Waals surface area contributed by atoms with Gasteiger partial charge in [0, 0.05) is 18.6 Å². The van der Waals surface area contributed by atoms with Crippen molar-refractivity contribution < 1.29 is 18.0 Å². The summed E-state index contributed by atoms with van der Waals surface area (Å²) in [4.78, 5) is 27.9. The van der Waals surface area contributed by atoms with Gasteiger partial charge in [0.2, 0.25) is 0 Å².